The molecule has 3 atom stereocenters. The summed E-state index contributed by atoms with van der Waals surface area (Å²) in [6, 6.07) is 5.98. The summed E-state index contributed by atoms with van der Waals surface area (Å²) >= 11 is 0. The molecule has 0 radical (unpaired) electrons. The van der Waals surface area contributed by atoms with E-state index in [-0.39, 0.29) is 41.6 Å². The number of carbonyl (C=O) groups excluding carboxylic acids is 3. The Morgan fingerprint density at radius 3 is 2.46 bits per heavy atom. The zero-order chi connectivity index (χ0) is 26.3. The molecule has 3 rings (SSSR count). The molecule has 1 aromatic carbocycles. The number of carbonyl (C=O) groups is 3. The summed E-state index contributed by atoms with van der Waals surface area (Å²) in [7, 11) is -3.93. The molecular weight excluding hydrogens is 520 g/mol. The van der Waals surface area contributed by atoms with Crippen molar-refractivity contribution in [3.05, 3.63) is 30.3 Å². The Labute approximate surface area is 224 Å². The first-order chi connectivity index (χ1) is 17.1. The Morgan fingerprint density at radius 2 is 1.81 bits per heavy atom. The SMILES string of the molecule is CC(C)C[C@@H](NS(=O)(=O)c1ccccc1)C(=O)N1CCC[C@H]1C(=O)NC(=N)N1CCCC(NC=O)C1.Cl. The second-order valence-corrected chi connectivity index (χ2v) is 11.4. The third-order valence-corrected chi connectivity index (χ3v) is 7.97. The Morgan fingerprint density at radius 1 is 1.14 bits per heavy atom. The van der Waals surface area contributed by atoms with Crippen molar-refractivity contribution in [2.45, 2.75) is 69.0 Å². The van der Waals surface area contributed by atoms with Crippen LogP contribution in [0.15, 0.2) is 35.2 Å². The minimum atomic E-state index is -3.93. The first-order valence-electron chi connectivity index (χ1n) is 12.3. The van der Waals surface area contributed by atoms with E-state index in [0.717, 1.165) is 12.8 Å². The summed E-state index contributed by atoms with van der Waals surface area (Å²) in [6.07, 6.45) is 3.53. The molecular formula is C24H37ClN6O5S. The number of halogens is 1. The summed E-state index contributed by atoms with van der Waals surface area (Å²) in [4.78, 5) is 40.6. The average molecular weight is 557 g/mol. The minimum Gasteiger partial charge on any atom is -0.354 e. The van der Waals surface area contributed by atoms with E-state index in [1.54, 1.807) is 23.1 Å². The van der Waals surface area contributed by atoms with Crippen LogP contribution in [0.1, 0.15) is 46.0 Å². The predicted molar refractivity (Wildman–Crippen MR) is 142 cm³/mol. The fourth-order valence-electron chi connectivity index (χ4n) is 4.72. The van der Waals surface area contributed by atoms with Gasteiger partial charge in [0.05, 0.1) is 4.90 Å². The molecule has 2 aliphatic rings. The highest BCUT2D eigenvalue weighted by atomic mass is 35.5. The van der Waals surface area contributed by atoms with Gasteiger partial charge in [-0.25, -0.2) is 8.42 Å². The molecule has 1 unspecified atom stereocenters. The van der Waals surface area contributed by atoms with Crippen molar-refractivity contribution in [1.82, 2.24) is 25.2 Å². The predicted octanol–water partition coefficient (Wildman–Crippen LogP) is 1.05. The van der Waals surface area contributed by atoms with E-state index in [4.69, 9.17) is 5.41 Å². The van der Waals surface area contributed by atoms with Gasteiger partial charge in [0.25, 0.3) is 0 Å². The molecule has 4 N–H and O–H groups in total. The van der Waals surface area contributed by atoms with Gasteiger partial charge in [0.15, 0.2) is 5.96 Å². The van der Waals surface area contributed by atoms with Gasteiger partial charge in [-0.05, 0) is 50.2 Å². The molecule has 0 aromatic heterocycles. The van der Waals surface area contributed by atoms with Gasteiger partial charge in [0.1, 0.15) is 12.1 Å². The topological polar surface area (TPSA) is 152 Å². The normalized spacial score (nSPS) is 20.6. The largest absolute Gasteiger partial charge is 0.354 e. The van der Waals surface area contributed by atoms with Crippen molar-refractivity contribution >= 4 is 46.6 Å². The third kappa shape index (κ3) is 8.14. The molecule has 0 spiro atoms. The van der Waals surface area contributed by atoms with Gasteiger partial charge in [-0.3, -0.25) is 25.1 Å². The number of benzene rings is 1. The lowest BCUT2D eigenvalue weighted by Gasteiger charge is -2.34. The first kappa shape index (κ1) is 30.5. The van der Waals surface area contributed by atoms with Crippen molar-refractivity contribution in [3.8, 4) is 0 Å². The van der Waals surface area contributed by atoms with Crippen LogP contribution in [0, 0.1) is 11.3 Å². The fourth-order valence-corrected chi connectivity index (χ4v) is 5.94. The van der Waals surface area contributed by atoms with E-state index in [1.165, 1.54) is 17.0 Å². The van der Waals surface area contributed by atoms with Crippen molar-refractivity contribution in [1.29, 1.82) is 5.41 Å². The zero-order valence-electron chi connectivity index (χ0n) is 21.2. The number of likely N-dealkylation sites (tertiary alicyclic amines) is 2. The molecule has 2 heterocycles. The fraction of sp³-hybridized carbons (Fsp3) is 0.583. The van der Waals surface area contributed by atoms with Crippen LogP contribution in [-0.2, 0) is 24.4 Å². The highest BCUT2D eigenvalue weighted by Gasteiger charge is 2.39. The number of piperidine rings is 1. The molecule has 2 aliphatic heterocycles. The quantitative estimate of drug-likeness (QED) is 0.203. The number of hydrogen-bond acceptors (Lipinski definition) is 6. The molecule has 1 aromatic rings. The molecule has 0 saturated carbocycles. The monoisotopic (exact) mass is 556 g/mol. The number of guanidine groups is 1. The Balaban J connectivity index is 0.00000481. The summed E-state index contributed by atoms with van der Waals surface area (Å²) in [5.74, 6) is -0.946. The summed E-state index contributed by atoms with van der Waals surface area (Å²) in [6.45, 7) is 5.14. The van der Waals surface area contributed by atoms with E-state index in [1.807, 2.05) is 13.8 Å². The van der Waals surface area contributed by atoms with Crippen molar-refractivity contribution in [2.75, 3.05) is 19.6 Å². The van der Waals surface area contributed by atoms with Gasteiger partial charge in [-0.2, -0.15) is 4.72 Å². The molecule has 11 nitrogen and oxygen atoms in total. The molecule has 2 saturated heterocycles. The van der Waals surface area contributed by atoms with Crippen LogP contribution in [0.3, 0.4) is 0 Å². The molecule has 2 fully saturated rings. The molecule has 37 heavy (non-hydrogen) atoms. The highest BCUT2D eigenvalue weighted by molar-refractivity contribution is 7.89. The van der Waals surface area contributed by atoms with E-state index in [9.17, 15) is 22.8 Å². The molecule has 0 aliphatic carbocycles. The van der Waals surface area contributed by atoms with Gasteiger partial charge >= 0.3 is 0 Å². The maximum atomic E-state index is 13.5. The number of nitrogens with one attached hydrogen (secondary N) is 4. The summed E-state index contributed by atoms with van der Waals surface area (Å²) in [5, 5.41) is 13.7. The van der Waals surface area contributed by atoms with Crippen molar-refractivity contribution in [3.63, 3.8) is 0 Å². The number of rotatable bonds is 9. The van der Waals surface area contributed by atoms with E-state index >= 15 is 0 Å². The smallest absolute Gasteiger partial charge is 0.249 e. The van der Waals surface area contributed by atoms with Crippen LogP contribution in [0.2, 0.25) is 0 Å². The Hall–Kier alpha value is -2.70. The Kier molecular flexibility index (Phi) is 11.3. The molecule has 3 amide bonds. The van der Waals surface area contributed by atoms with Gasteiger partial charge in [0.2, 0.25) is 28.2 Å². The van der Waals surface area contributed by atoms with Gasteiger partial charge < -0.3 is 15.1 Å². The van der Waals surface area contributed by atoms with Crippen LogP contribution in [0.4, 0.5) is 0 Å². The van der Waals surface area contributed by atoms with E-state index in [0.29, 0.717) is 38.9 Å². The van der Waals surface area contributed by atoms with Gasteiger partial charge in [0, 0.05) is 25.7 Å². The lowest BCUT2D eigenvalue weighted by molar-refractivity contribution is -0.139. The second-order valence-electron chi connectivity index (χ2n) is 9.71. The van der Waals surface area contributed by atoms with Crippen LogP contribution >= 0.6 is 12.4 Å². The van der Waals surface area contributed by atoms with Crippen molar-refractivity contribution in [2.24, 2.45) is 5.92 Å². The van der Waals surface area contributed by atoms with Gasteiger partial charge in [-0.15, -0.1) is 12.4 Å². The lowest BCUT2D eigenvalue weighted by Crippen LogP contribution is -2.57. The number of hydrogen-bond donors (Lipinski definition) is 4. The summed E-state index contributed by atoms with van der Waals surface area (Å²) in [5.41, 5.74) is 0. The lowest BCUT2D eigenvalue weighted by atomic mass is 10.0. The minimum absolute atomic E-state index is 0. The second kappa shape index (κ2) is 13.7. The van der Waals surface area contributed by atoms with E-state index < -0.39 is 33.9 Å². The molecule has 0 bridgehead atoms. The molecule has 206 valence electrons. The number of nitrogens with zero attached hydrogens (tertiary/aromatic N) is 2. The maximum Gasteiger partial charge on any atom is 0.249 e. The summed E-state index contributed by atoms with van der Waals surface area (Å²) < 4.78 is 28.4. The Bertz CT molecular complexity index is 1050. The van der Waals surface area contributed by atoms with Crippen LogP contribution < -0.4 is 15.4 Å². The maximum absolute atomic E-state index is 13.5. The molecule has 13 heteroatoms. The van der Waals surface area contributed by atoms with Crippen LogP contribution in [0.5, 0.6) is 0 Å². The van der Waals surface area contributed by atoms with Crippen LogP contribution in [0.25, 0.3) is 0 Å². The number of sulfonamides is 1. The van der Waals surface area contributed by atoms with Crippen molar-refractivity contribution < 1.29 is 22.8 Å². The number of amides is 3. The van der Waals surface area contributed by atoms with Crippen LogP contribution in [-0.4, -0.2) is 80.2 Å². The third-order valence-electron chi connectivity index (χ3n) is 6.48. The standard InChI is InChI=1S/C24H36N6O5S.ClH/c1-17(2)14-20(28-36(34,35)19-9-4-3-5-10-19)23(33)30-13-7-11-21(30)22(32)27-24(25)29-12-6-8-18(15-29)26-16-31;/h3-5,9-10,16-18,20-21,28H,6-8,11-15H2,1-2H3,(H,26,31)(H2,25,27,32);1H/t18?,20-,21+;/m1./s1. The zero-order valence-corrected chi connectivity index (χ0v) is 22.8. The van der Waals surface area contributed by atoms with E-state index in [2.05, 4.69) is 15.4 Å². The average Bonchev–Trinajstić information content (AvgIpc) is 3.34. The first-order valence-corrected chi connectivity index (χ1v) is 13.8. The highest BCUT2D eigenvalue weighted by Crippen LogP contribution is 2.22. The van der Waals surface area contributed by atoms with Gasteiger partial charge in [-0.1, -0.05) is 32.0 Å².